The SMILES string of the molecule is CSC(C)CCNCc1cc(Br)ccc1O.Cl. The van der Waals surface area contributed by atoms with Crippen molar-refractivity contribution in [1.82, 2.24) is 5.32 Å². The summed E-state index contributed by atoms with van der Waals surface area (Å²) in [6.07, 6.45) is 3.28. The van der Waals surface area contributed by atoms with Crippen molar-refractivity contribution in [3.8, 4) is 5.75 Å². The molecule has 0 aliphatic heterocycles. The van der Waals surface area contributed by atoms with E-state index in [1.807, 2.05) is 23.9 Å². The summed E-state index contributed by atoms with van der Waals surface area (Å²) in [5, 5.41) is 13.6. The van der Waals surface area contributed by atoms with Gasteiger partial charge in [-0.1, -0.05) is 22.9 Å². The van der Waals surface area contributed by atoms with Gasteiger partial charge in [-0.2, -0.15) is 11.8 Å². The van der Waals surface area contributed by atoms with Crippen LogP contribution in [0.3, 0.4) is 0 Å². The van der Waals surface area contributed by atoms with Crippen LogP contribution in [0.5, 0.6) is 5.75 Å². The fourth-order valence-corrected chi connectivity index (χ4v) is 2.10. The molecule has 0 fully saturated rings. The molecule has 1 aromatic carbocycles. The smallest absolute Gasteiger partial charge is 0.120 e. The molecule has 0 spiro atoms. The van der Waals surface area contributed by atoms with Crippen LogP contribution in [0, 0.1) is 0 Å². The first-order valence-electron chi connectivity index (χ1n) is 5.34. The number of aromatic hydroxyl groups is 1. The van der Waals surface area contributed by atoms with Gasteiger partial charge in [0.15, 0.2) is 0 Å². The highest BCUT2D eigenvalue weighted by molar-refractivity contribution is 9.10. The van der Waals surface area contributed by atoms with E-state index in [0.29, 0.717) is 17.5 Å². The average Bonchev–Trinajstić information content (AvgIpc) is 2.28. The number of rotatable bonds is 6. The Kier molecular flexibility index (Phi) is 9.14. The van der Waals surface area contributed by atoms with Gasteiger partial charge in [0.2, 0.25) is 0 Å². The molecule has 0 amide bonds. The zero-order valence-corrected chi connectivity index (χ0v) is 13.3. The minimum Gasteiger partial charge on any atom is -0.508 e. The lowest BCUT2D eigenvalue weighted by molar-refractivity contribution is 0.464. The number of hydrogen-bond acceptors (Lipinski definition) is 3. The van der Waals surface area contributed by atoms with E-state index in [9.17, 15) is 5.11 Å². The summed E-state index contributed by atoms with van der Waals surface area (Å²) in [7, 11) is 0. The molecular formula is C12H19BrClNOS. The molecule has 0 saturated carbocycles. The number of hydrogen-bond donors (Lipinski definition) is 2. The maximum Gasteiger partial charge on any atom is 0.120 e. The molecule has 0 bridgehead atoms. The summed E-state index contributed by atoms with van der Waals surface area (Å²) in [4.78, 5) is 0. The predicted octanol–water partition coefficient (Wildman–Crippen LogP) is 3.81. The molecule has 2 N–H and O–H groups in total. The zero-order valence-electron chi connectivity index (χ0n) is 10.1. The van der Waals surface area contributed by atoms with Crippen LogP contribution >= 0.6 is 40.1 Å². The van der Waals surface area contributed by atoms with Crippen LogP contribution in [0.2, 0.25) is 0 Å². The Bertz CT molecular complexity index is 338. The van der Waals surface area contributed by atoms with Crippen molar-refractivity contribution in [1.29, 1.82) is 0 Å². The lowest BCUT2D eigenvalue weighted by Crippen LogP contribution is -2.17. The van der Waals surface area contributed by atoms with Crippen LogP contribution in [0.25, 0.3) is 0 Å². The van der Waals surface area contributed by atoms with Crippen LogP contribution in [-0.2, 0) is 6.54 Å². The van der Waals surface area contributed by atoms with Gasteiger partial charge >= 0.3 is 0 Å². The molecule has 2 nitrogen and oxygen atoms in total. The molecule has 0 radical (unpaired) electrons. The summed E-state index contributed by atoms with van der Waals surface area (Å²) in [6, 6.07) is 5.50. The highest BCUT2D eigenvalue weighted by Crippen LogP contribution is 2.21. The molecule has 1 atom stereocenters. The average molecular weight is 341 g/mol. The van der Waals surface area contributed by atoms with Crippen molar-refractivity contribution in [2.24, 2.45) is 0 Å². The van der Waals surface area contributed by atoms with Gasteiger partial charge < -0.3 is 10.4 Å². The molecule has 0 saturated heterocycles. The normalized spacial score (nSPS) is 11.9. The third kappa shape index (κ3) is 6.55. The maximum atomic E-state index is 9.62. The Morgan fingerprint density at radius 3 is 2.82 bits per heavy atom. The third-order valence-corrected chi connectivity index (χ3v) is 4.02. The van der Waals surface area contributed by atoms with Crippen molar-refractivity contribution >= 4 is 40.1 Å². The summed E-state index contributed by atoms with van der Waals surface area (Å²) in [5.74, 6) is 0.355. The fourth-order valence-electron chi connectivity index (χ4n) is 1.34. The monoisotopic (exact) mass is 339 g/mol. The number of phenolic OH excluding ortho intramolecular Hbond substituents is 1. The van der Waals surface area contributed by atoms with Gasteiger partial charge in [-0.05, 0) is 37.4 Å². The highest BCUT2D eigenvalue weighted by atomic mass is 79.9. The van der Waals surface area contributed by atoms with Gasteiger partial charge in [0.25, 0.3) is 0 Å². The number of halogens is 2. The molecule has 98 valence electrons. The number of phenols is 1. The van der Waals surface area contributed by atoms with Crippen molar-refractivity contribution in [2.75, 3.05) is 12.8 Å². The van der Waals surface area contributed by atoms with E-state index in [1.165, 1.54) is 0 Å². The molecule has 0 heterocycles. The molecular weight excluding hydrogens is 322 g/mol. The Morgan fingerprint density at radius 2 is 2.18 bits per heavy atom. The van der Waals surface area contributed by atoms with Gasteiger partial charge in [-0.25, -0.2) is 0 Å². The topological polar surface area (TPSA) is 32.3 Å². The Balaban J connectivity index is 0.00000256. The third-order valence-electron chi connectivity index (χ3n) is 2.49. The Labute approximate surface area is 122 Å². The van der Waals surface area contributed by atoms with Gasteiger partial charge in [0.1, 0.15) is 5.75 Å². The zero-order chi connectivity index (χ0) is 12.0. The summed E-state index contributed by atoms with van der Waals surface area (Å²) >= 11 is 5.28. The number of nitrogens with one attached hydrogen (secondary N) is 1. The first-order valence-corrected chi connectivity index (χ1v) is 7.42. The lowest BCUT2D eigenvalue weighted by atomic mass is 10.2. The molecule has 5 heteroatoms. The Morgan fingerprint density at radius 1 is 1.47 bits per heavy atom. The second-order valence-electron chi connectivity index (χ2n) is 3.78. The van der Waals surface area contributed by atoms with Gasteiger partial charge in [0.05, 0.1) is 0 Å². The quantitative estimate of drug-likeness (QED) is 0.772. The van der Waals surface area contributed by atoms with Crippen LogP contribution in [-0.4, -0.2) is 23.2 Å². The van der Waals surface area contributed by atoms with Crippen LogP contribution in [0.4, 0.5) is 0 Å². The van der Waals surface area contributed by atoms with E-state index in [0.717, 1.165) is 23.0 Å². The van der Waals surface area contributed by atoms with E-state index < -0.39 is 0 Å². The predicted molar refractivity (Wildman–Crippen MR) is 82.4 cm³/mol. The minimum absolute atomic E-state index is 0. The molecule has 0 aliphatic carbocycles. The van der Waals surface area contributed by atoms with E-state index in [4.69, 9.17) is 0 Å². The highest BCUT2D eigenvalue weighted by Gasteiger charge is 2.02. The lowest BCUT2D eigenvalue weighted by Gasteiger charge is -2.10. The molecule has 1 aromatic rings. The van der Waals surface area contributed by atoms with E-state index in [2.05, 4.69) is 34.4 Å². The molecule has 17 heavy (non-hydrogen) atoms. The van der Waals surface area contributed by atoms with Crippen molar-refractivity contribution in [2.45, 2.75) is 25.1 Å². The van der Waals surface area contributed by atoms with Crippen LogP contribution < -0.4 is 5.32 Å². The van der Waals surface area contributed by atoms with E-state index in [1.54, 1.807) is 6.07 Å². The number of thioether (sulfide) groups is 1. The second-order valence-corrected chi connectivity index (χ2v) is 5.98. The standard InChI is InChI=1S/C12H18BrNOS.ClH/c1-9(16-2)5-6-14-8-10-7-11(13)3-4-12(10)15;/h3-4,7,9,14-15H,5-6,8H2,1-2H3;1H. The summed E-state index contributed by atoms with van der Waals surface area (Å²) < 4.78 is 1.000. The summed E-state index contributed by atoms with van der Waals surface area (Å²) in [6.45, 7) is 3.92. The van der Waals surface area contributed by atoms with Crippen molar-refractivity contribution in [3.05, 3.63) is 28.2 Å². The second kappa shape index (κ2) is 9.09. The van der Waals surface area contributed by atoms with Gasteiger partial charge in [0, 0.05) is 21.8 Å². The van der Waals surface area contributed by atoms with Crippen molar-refractivity contribution in [3.63, 3.8) is 0 Å². The van der Waals surface area contributed by atoms with Gasteiger partial charge in [-0.3, -0.25) is 0 Å². The maximum absolute atomic E-state index is 9.62. The van der Waals surface area contributed by atoms with E-state index in [-0.39, 0.29) is 12.4 Å². The van der Waals surface area contributed by atoms with Gasteiger partial charge in [-0.15, -0.1) is 12.4 Å². The molecule has 0 aliphatic rings. The number of benzene rings is 1. The van der Waals surface area contributed by atoms with Crippen LogP contribution in [0.15, 0.2) is 22.7 Å². The largest absolute Gasteiger partial charge is 0.508 e. The van der Waals surface area contributed by atoms with Crippen molar-refractivity contribution < 1.29 is 5.11 Å². The fraction of sp³-hybridized carbons (Fsp3) is 0.500. The molecule has 0 aromatic heterocycles. The molecule has 1 rings (SSSR count). The first kappa shape index (κ1) is 17.1. The minimum atomic E-state index is 0. The van der Waals surface area contributed by atoms with Crippen LogP contribution in [0.1, 0.15) is 18.9 Å². The summed E-state index contributed by atoms with van der Waals surface area (Å²) in [5.41, 5.74) is 0.936. The molecule has 1 unspecified atom stereocenters. The first-order chi connectivity index (χ1) is 7.63. The Hall–Kier alpha value is 0.1000. The van der Waals surface area contributed by atoms with E-state index >= 15 is 0 Å².